The van der Waals surface area contributed by atoms with Crippen molar-refractivity contribution >= 4 is 33.3 Å². The maximum atomic E-state index is 13.5. The van der Waals surface area contributed by atoms with Gasteiger partial charge in [0.1, 0.15) is 5.75 Å². The summed E-state index contributed by atoms with van der Waals surface area (Å²) in [7, 11) is -1.21. The smallest absolute Gasteiger partial charge is 0.340 e. The Bertz CT molecular complexity index is 1370. The molecule has 0 radical (unpaired) electrons. The summed E-state index contributed by atoms with van der Waals surface area (Å²) >= 11 is 0. The van der Waals surface area contributed by atoms with E-state index < -0.39 is 21.9 Å². The lowest BCUT2D eigenvalue weighted by molar-refractivity contribution is 0.0601. The number of carbonyl (C=O) groups excluding carboxylic acids is 2. The van der Waals surface area contributed by atoms with Gasteiger partial charge >= 0.3 is 5.97 Å². The Morgan fingerprint density at radius 1 is 1.00 bits per heavy atom. The number of esters is 1. The van der Waals surface area contributed by atoms with Crippen LogP contribution in [-0.4, -0.2) is 40.6 Å². The molecule has 1 aliphatic heterocycles. The van der Waals surface area contributed by atoms with Crippen LogP contribution in [0.5, 0.6) is 5.75 Å². The number of para-hydroxylation sites is 1. The summed E-state index contributed by atoms with van der Waals surface area (Å²) in [6.07, 6.45) is 0.614. The molecule has 1 heterocycles. The molecule has 34 heavy (non-hydrogen) atoms. The average molecular weight is 481 g/mol. The van der Waals surface area contributed by atoms with Crippen molar-refractivity contribution in [2.45, 2.75) is 24.3 Å². The number of sulfonamides is 1. The average Bonchev–Trinajstić information content (AvgIpc) is 3.20. The molecule has 0 bridgehead atoms. The minimum atomic E-state index is -3.90. The van der Waals surface area contributed by atoms with E-state index in [1.54, 1.807) is 18.2 Å². The van der Waals surface area contributed by atoms with E-state index in [0.29, 0.717) is 17.9 Å². The highest BCUT2D eigenvalue weighted by Gasteiger charge is 2.36. The molecule has 0 saturated heterocycles. The summed E-state index contributed by atoms with van der Waals surface area (Å²) in [6, 6.07) is 17.5. The predicted octanol–water partition coefficient (Wildman–Crippen LogP) is 3.87. The molecule has 0 spiro atoms. The highest BCUT2D eigenvalue weighted by Crippen LogP contribution is 2.36. The maximum absolute atomic E-state index is 13.5. The Labute approximate surface area is 198 Å². The number of hydrogen-bond acceptors (Lipinski definition) is 6. The van der Waals surface area contributed by atoms with Crippen LogP contribution in [0.3, 0.4) is 0 Å². The number of rotatable bonds is 6. The third-order valence-electron chi connectivity index (χ3n) is 5.68. The Kier molecular flexibility index (Phi) is 6.30. The SMILES string of the molecule is COC(=O)c1cc(OC)ccc1NC(=O)c1cccc(S(=O)(=O)N2c3ccccc3CC2C)c1. The highest BCUT2D eigenvalue weighted by molar-refractivity contribution is 7.92. The van der Waals surface area contributed by atoms with Crippen LogP contribution in [0.4, 0.5) is 11.4 Å². The lowest BCUT2D eigenvalue weighted by Crippen LogP contribution is -2.35. The standard InChI is InChI=1S/C25H24N2O6S/c1-16-13-17-7-4-5-10-23(17)27(16)34(30,31)20-9-6-8-18(14-20)24(28)26-22-12-11-19(32-2)15-21(22)25(29)33-3/h4-12,14-16H,13H2,1-3H3,(H,26,28). The molecular weight excluding hydrogens is 456 g/mol. The van der Waals surface area contributed by atoms with Crippen molar-refractivity contribution in [3.63, 3.8) is 0 Å². The van der Waals surface area contributed by atoms with Gasteiger partial charge in [-0.25, -0.2) is 13.2 Å². The van der Waals surface area contributed by atoms with Gasteiger partial charge in [0, 0.05) is 11.6 Å². The monoisotopic (exact) mass is 480 g/mol. The molecule has 0 fully saturated rings. The van der Waals surface area contributed by atoms with Gasteiger partial charge in [-0.1, -0.05) is 24.3 Å². The van der Waals surface area contributed by atoms with Crippen LogP contribution in [0.2, 0.25) is 0 Å². The van der Waals surface area contributed by atoms with Crippen molar-refractivity contribution in [2.75, 3.05) is 23.8 Å². The van der Waals surface area contributed by atoms with Gasteiger partial charge in [-0.15, -0.1) is 0 Å². The fourth-order valence-electron chi connectivity index (χ4n) is 4.05. The summed E-state index contributed by atoms with van der Waals surface area (Å²) in [5.74, 6) is -0.791. The van der Waals surface area contributed by atoms with E-state index in [4.69, 9.17) is 9.47 Å². The lowest BCUT2D eigenvalue weighted by Gasteiger charge is -2.24. The summed E-state index contributed by atoms with van der Waals surface area (Å²) < 4.78 is 38.4. The van der Waals surface area contributed by atoms with Crippen molar-refractivity contribution in [1.29, 1.82) is 0 Å². The van der Waals surface area contributed by atoms with E-state index in [0.717, 1.165) is 5.56 Å². The molecule has 8 nitrogen and oxygen atoms in total. The van der Waals surface area contributed by atoms with Crippen LogP contribution in [0, 0.1) is 0 Å². The maximum Gasteiger partial charge on any atom is 0.340 e. The molecule has 1 aliphatic rings. The second-order valence-corrected chi connectivity index (χ2v) is 9.68. The van der Waals surface area contributed by atoms with Crippen LogP contribution in [0.15, 0.2) is 71.6 Å². The Balaban J connectivity index is 1.65. The third-order valence-corrected chi connectivity index (χ3v) is 7.60. The number of methoxy groups -OCH3 is 2. The number of amides is 1. The molecule has 0 aromatic heterocycles. The number of fused-ring (bicyclic) bond motifs is 1. The zero-order valence-corrected chi connectivity index (χ0v) is 19.8. The molecule has 1 atom stereocenters. The first-order valence-electron chi connectivity index (χ1n) is 10.6. The first-order chi connectivity index (χ1) is 16.3. The van der Waals surface area contributed by atoms with Crippen LogP contribution >= 0.6 is 0 Å². The second-order valence-electron chi connectivity index (χ2n) is 7.87. The number of nitrogens with one attached hydrogen (secondary N) is 1. The normalized spacial score (nSPS) is 14.9. The number of ether oxygens (including phenoxy) is 2. The predicted molar refractivity (Wildman–Crippen MR) is 128 cm³/mol. The number of nitrogens with zero attached hydrogens (tertiary/aromatic N) is 1. The van der Waals surface area contributed by atoms with Crippen molar-refractivity contribution in [3.8, 4) is 5.75 Å². The number of carbonyl (C=O) groups is 2. The molecular formula is C25H24N2O6S. The van der Waals surface area contributed by atoms with E-state index in [1.165, 1.54) is 54.9 Å². The molecule has 1 amide bonds. The molecule has 4 rings (SSSR count). The molecule has 0 saturated carbocycles. The third kappa shape index (κ3) is 4.22. The van der Waals surface area contributed by atoms with Crippen LogP contribution in [0.1, 0.15) is 33.2 Å². The van der Waals surface area contributed by atoms with Crippen molar-refractivity contribution in [2.24, 2.45) is 0 Å². The molecule has 9 heteroatoms. The molecule has 3 aromatic carbocycles. The zero-order chi connectivity index (χ0) is 24.5. The molecule has 1 N–H and O–H groups in total. The van der Waals surface area contributed by atoms with Crippen molar-refractivity contribution < 1.29 is 27.5 Å². The van der Waals surface area contributed by atoms with Gasteiger partial charge in [0.05, 0.1) is 36.1 Å². The fourth-order valence-corrected chi connectivity index (χ4v) is 5.79. The largest absolute Gasteiger partial charge is 0.497 e. The number of anilines is 2. The lowest BCUT2D eigenvalue weighted by atomic mass is 10.1. The summed E-state index contributed by atoms with van der Waals surface area (Å²) in [4.78, 5) is 25.2. The molecule has 1 unspecified atom stereocenters. The first kappa shape index (κ1) is 23.3. The second kappa shape index (κ2) is 9.18. The van der Waals surface area contributed by atoms with Crippen LogP contribution in [0.25, 0.3) is 0 Å². The molecule has 3 aromatic rings. The quantitative estimate of drug-likeness (QED) is 0.538. The number of hydrogen-bond donors (Lipinski definition) is 1. The van der Waals surface area contributed by atoms with E-state index >= 15 is 0 Å². The van der Waals surface area contributed by atoms with E-state index in [-0.39, 0.29) is 27.8 Å². The summed E-state index contributed by atoms with van der Waals surface area (Å²) in [5, 5.41) is 2.66. The summed E-state index contributed by atoms with van der Waals surface area (Å²) in [5.41, 5.74) is 2.07. The van der Waals surface area contributed by atoms with Crippen molar-refractivity contribution in [3.05, 3.63) is 83.4 Å². The van der Waals surface area contributed by atoms with Gasteiger partial charge in [-0.3, -0.25) is 9.10 Å². The minimum Gasteiger partial charge on any atom is -0.497 e. The van der Waals surface area contributed by atoms with Gasteiger partial charge in [-0.2, -0.15) is 0 Å². The van der Waals surface area contributed by atoms with Gasteiger partial charge in [0.15, 0.2) is 0 Å². The molecule has 0 aliphatic carbocycles. The fraction of sp³-hybridized carbons (Fsp3) is 0.200. The topological polar surface area (TPSA) is 102 Å². The van der Waals surface area contributed by atoms with Crippen LogP contribution in [-0.2, 0) is 21.2 Å². The van der Waals surface area contributed by atoms with Crippen LogP contribution < -0.4 is 14.4 Å². The van der Waals surface area contributed by atoms with Gasteiger partial charge in [0.25, 0.3) is 15.9 Å². The first-order valence-corrected chi connectivity index (χ1v) is 12.0. The van der Waals surface area contributed by atoms with E-state index in [1.807, 2.05) is 19.1 Å². The highest BCUT2D eigenvalue weighted by atomic mass is 32.2. The number of benzene rings is 3. The minimum absolute atomic E-state index is 0.00613. The summed E-state index contributed by atoms with van der Waals surface area (Å²) in [6.45, 7) is 1.85. The van der Waals surface area contributed by atoms with Crippen molar-refractivity contribution in [1.82, 2.24) is 0 Å². The van der Waals surface area contributed by atoms with Gasteiger partial charge in [0.2, 0.25) is 0 Å². The molecule has 176 valence electrons. The van der Waals surface area contributed by atoms with Gasteiger partial charge < -0.3 is 14.8 Å². The Morgan fingerprint density at radius 3 is 2.50 bits per heavy atom. The zero-order valence-electron chi connectivity index (χ0n) is 18.9. The van der Waals surface area contributed by atoms with Gasteiger partial charge in [-0.05, 0) is 61.4 Å². The van der Waals surface area contributed by atoms with E-state index in [9.17, 15) is 18.0 Å². The van der Waals surface area contributed by atoms with E-state index in [2.05, 4.69) is 5.32 Å². The Morgan fingerprint density at radius 2 is 1.76 bits per heavy atom. The Hall–Kier alpha value is -3.85.